The van der Waals surface area contributed by atoms with Gasteiger partial charge in [-0.15, -0.1) is 0 Å². The van der Waals surface area contributed by atoms with Gasteiger partial charge in [0.25, 0.3) is 0 Å². The molecule has 0 heterocycles. The average molecular weight is 539 g/mol. The number of hydrogen-bond donors (Lipinski definition) is 1. The van der Waals surface area contributed by atoms with Crippen molar-refractivity contribution in [1.29, 1.82) is 5.26 Å². The predicted octanol–water partition coefficient (Wildman–Crippen LogP) is 7.32. The summed E-state index contributed by atoms with van der Waals surface area (Å²) in [6.45, 7) is 27.1. The molecular weight excluding hydrogens is 492 g/mol. The molecule has 1 rings (SSSR count). The number of carbonyl (C=O) groups is 1. The Morgan fingerprint density at radius 1 is 1.00 bits per heavy atom. The number of esters is 1. The lowest BCUT2D eigenvalue weighted by Crippen LogP contribution is -2.74. The maximum absolute atomic E-state index is 14.0. The molecule has 0 saturated heterocycles. The number of ether oxygens (including phenoxy) is 1. The van der Waals surface area contributed by atoms with Crippen LogP contribution in [0.4, 0.5) is 0 Å². The first-order valence-corrected chi connectivity index (χ1v) is 19.2. The van der Waals surface area contributed by atoms with Gasteiger partial charge < -0.3 is 9.16 Å². The van der Waals surface area contributed by atoms with Gasteiger partial charge in [-0.1, -0.05) is 66.8 Å². The second-order valence-electron chi connectivity index (χ2n) is 13.5. The second-order valence-corrected chi connectivity index (χ2v) is 24.8. The van der Waals surface area contributed by atoms with Crippen LogP contribution in [0.2, 0.25) is 31.2 Å². The Morgan fingerprint density at radius 3 is 1.83 bits per heavy atom. The van der Waals surface area contributed by atoms with Crippen LogP contribution in [-0.4, -0.2) is 39.0 Å². The van der Waals surface area contributed by atoms with Crippen LogP contribution in [0.3, 0.4) is 0 Å². The third kappa shape index (κ3) is 7.66. The minimum atomic E-state index is -2.77. The third-order valence-corrected chi connectivity index (χ3v) is 15.2. The lowest BCUT2D eigenvalue weighted by Gasteiger charge is -2.51. The Kier molecular flexibility index (Phi) is 9.71. The number of nitriles is 1. The predicted molar refractivity (Wildman–Crippen MR) is 152 cm³/mol. The van der Waals surface area contributed by atoms with E-state index in [-0.39, 0.29) is 17.0 Å². The van der Waals surface area contributed by atoms with E-state index in [1.807, 2.05) is 66.8 Å². The van der Waals surface area contributed by atoms with Crippen LogP contribution in [0.1, 0.15) is 79.5 Å². The molecule has 0 aliphatic carbocycles. The van der Waals surface area contributed by atoms with E-state index in [1.165, 1.54) is 0 Å². The first-order valence-electron chi connectivity index (χ1n) is 12.3. The van der Waals surface area contributed by atoms with Crippen LogP contribution in [0.25, 0.3) is 0 Å². The standard InChI is InChI=1S/C27H47ClN2O3Si2/c1-24(2,3)27(34(10,11)28,23(31)33-25(4,5)6)30-22(19-32-35(12,13)26(7,8)9)21-16-14-20(18-29)15-17-21/h14-17,22,30H,19H2,1-13H3. The molecule has 1 aromatic carbocycles. The van der Waals surface area contributed by atoms with E-state index in [2.05, 4.69) is 45.3 Å². The highest BCUT2D eigenvalue weighted by Gasteiger charge is 2.62. The maximum Gasteiger partial charge on any atom is 0.325 e. The molecule has 1 aromatic rings. The molecule has 8 heteroatoms. The van der Waals surface area contributed by atoms with Crippen molar-refractivity contribution >= 4 is 32.7 Å². The van der Waals surface area contributed by atoms with Crippen molar-refractivity contribution < 1.29 is 14.0 Å². The molecule has 2 atom stereocenters. The van der Waals surface area contributed by atoms with Gasteiger partial charge in [-0.05, 0) is 62.0 Å². The summed E-state index contributed by atoms with van der Waals surface area (Å²) in [5, 5.41) is 11.9. The van der Waals surface area contributed by atoms with Crippen LogP contribution in [-0.2, 0) is 14.0 Å². The van der Waals surface area contributed by atoms with E-state index >= 15 is 0 Å². The lowest BCUT2D eigenvalue weighted by molar-refractivity contribution is -0.164. The summed E-state index contributed by atoms with van der Waals surface area (Å²) in [6, 6.07) is 9.30. The molecule has 0 fully saturated rings. The van der Waals surface area contributed by atoms with Gasteiger partial charge in [-0.2, -0.15) is 16.3 Å². The summed E-state index contributed by atoms with van der Waals surface area (Å²) in [6.07, 6.45) is 0. The Balaban J connectivity index is 3.69. The number of rotatable bonds is 8. The van der Waals surface area contributed by atoms with Gasteiger partial charge >= 0.3 is 5.97 Å². The number of nitrogens with zero attached hydrogens (tertiary/aromatic N) is 1. The first-order chi connectivity index (χ1) is 15.5. The minimum absolute atomic E-state index is 0.0367. The SMILES string of the molecule is CC(C)(C)OC(=O)C(NC(CO[Si](C)(C)C(C)(C)C)c1ccc(C#N)cc1)(C(C)(C)C)[Si](C)(C)Cl. The topological polar surface area (TPSA) is 71.3 Å². The van der Waals surface area contributed by atoms with Crippen molar-refractivity contribution in [1.82, 2.24) is 5.32 Å². The fraction of sp³-hybridized carbons (Fsp3) is 0.704. The molecule has 0 aliphatic rings. The fourth-order valence-corrected chi connectivity index (χ4v) is 9.12. The average Bonchev–Trinajstić information content (AvgIpc) is 2.63. The molecule has 35 heavy (non-hydrogen) atoms. The normalized spacial score (nSPS) is 16.3. The van der Waals surface area contributed by atoms with E-state index in [1.54, 1.807) is 12.1 Å². The Labute approximate surface area is 220 Å². The van der Waals surface area contributed by atoms with E-state index in [0.29, 0.717) is 12.2 Å². The Hall–Kier alpha value is -1.18. The van der Waals surface area contributed by atoms with E-state index in [4.69, 9.17) is 20.2 Å². The van der Waals surface area contributed by atoms with E-state index in [9.17, 15) is 10.1 Å². The zero-order valence-electron chi connectivity index (χ0n) is 24.1. The zero-order valence-corrected chi connectivity index (χ0v) is 26.9. The Morgan fingerprint density at radius 2 is 1.49 bits per heavy atom. The molecule has 0 radical (unpaired) electrons. The number of hydrogen-bond acceptors (Lipinski definition) is 5. The highest BCUT2D eigenvalue weighted by atomic mass is 35.6. The molecule has 0 amide bonds. The van der Waals surface area contributed by atoms with Crippen LogP contribution >= 0.6 is 11.1 Å². The van der Waals surface area contributed by atoms with Gasteiger partial charge in [0.2, 0.25) is 0 Å². The quantitative estimate of drug-likeness (QED) is 0.213. The second kappa shape index (κ2) is 10.7. The van der Waals surface area contributed by atoms with Gasteiger partial charge in [-0.25, -0.2) is 0 Å². The summed E-state index contributed by atoms with van der Waals surface area (Å²) in [5.41, 5.74) is 0.316. The number of halogens is 1. The molecule has 0 aromatic heterocycles. The van der Waals surface area contributed by atoms with Crippen molar-refractivity contribution in [3.63, 3.8) is 0 Å². The highest BCUT2D eigenvalue weighted by molar-refractivity contribution is 7.22. The molecule has 0 saturated carbocycles. The van der Waals surface area contributed by atoms with Crippen molar-refractivity contribution in [3.8, 4) is 6.07 Å². The van der Waals surface area contributed by atoms with Crippen LogP contribution in [0, 0.1) is 16.7 Å². The van der Waals surface area contributed by atoms with Gasteiger partial charge in [0.05, 0.1) is 24.3 Å². The molecule has 5 nitrogen and oxygen atoms in total. The summed E-state index contributed by atoms with van der Waals surface area (Å²) < 4.78 is 12.7. The molecule has 0 spiro atoms. The van der Waals surface area contributed by atoms with Crippen molar-refractivity contribution in [3.05, 3.63) is 35.4 Å². The Bertz CT molecular complexity index is 899. The number of benzene rings is 1. The highest BCUT2D eigenvalue weighted by Crippen LogP contribution is 2.44. The van der Waals surface area contributed by atoms with Crippen molar-refractivity contribution in [2.75, 3.05) is 6.61 Å². The van der Waals surface area contributed by atoms with E-state index < -0.39 is 31.9 Å². The maximum atomic E-state index is 14.0. The summed E-state index contributed by atoms with van der Waals surface area (Å²) in [4.78, 5) is 14.0. The van der Waals surface area contributed by atoms with Gasteiger partial charge in [0.15, 0.2) is 15.7 Å². The summed E-state index contributed by atoms with van der Waals surface area (Å²) in [7, 11) is -4.85. The van der Waals surface area contributed by atoms with Crippen LogP contribution in [0.15, 0.2) is 24.3 Å². The largest absolute Gasteiger partial charge is 0.459 e. The molecule has 0 aliphatic heterocycles. The first kappa shape index (κ1) is 31.9. The molecular formula is C27H47ClN2O3Si2. The zero-order chi connectivity index (χ0) is 27.7. The lowest BCUT2D eigenvalue weighted by atomic mass is 9.84. The van der Waals surface area contributed by atoms with E-state index in [0.717, 1.165) is 5.56 Å². The molecule has 0 bridgehead atoms. The van der Waals surface area contributed by atoms with Crippen LogP contribution in [0.5, 0.6) is 0 Å². The van der Waals surface area contributed by atoms with Crippen LogP contribution < -0.4 is 5.32 Å². The monoisotopic (exact) mass is 538 g/mol. The third-order valence-electron chi connectivity index (χ3n) is 6.97. The molecule has 2 unspecified atom stereocenters. The minimum Gasteiger partial charge on any atom is -0.459 e. The fourth-order valence-electron chi connectivity index (χ4n) is 4.02. The van der Waals surface area contributed by atoms with Gasteiger partial charge in [0, 0.05) is 0 Å². The number of carbonyl (C=O) groups excluding carboxylic acids is 1. The van der Waals surface area contributed by atoms with Crippen molar-refractivity contribution in [2.24, 2.45) is 5.41 Å². The van der Waals surface area contributed by atoms with Gasteiger partial charge in [0.1, 0.15) is 10.8 Å². The summed E-state index contributed by atoms with van der Waals surface area (Å²) >= 11 is 7.21. The molecule has 1 N–H and O–H groups in total. The summed E-state index contributed by atoms with van der Waals surface area (Å²) in [5.74, 6) is -0.338. The van der Waals surface area contributed by atoms with Gasteiger partial charge in [-0.3, -0.25) is 10.1 Å². The smallest absolute Gasteiger partial charge is 0.325 e. The number of nitrogens with one attached hydrogen (secondary N) is 1. The molecule has 198 valence electrons. The van der Waals surface area contributed by atoms with Crippen molar-refractivity contribution in [2.45, 2.75) is 110 Å².